The smallest absolute Gasteiger partial charge is 1.00 e. The van der Waals surface area contributed by atoms with Gasteiger partial charge in [-0.3, -0.25) is 0 Å². The van der Waals surface area contributed by atoms with Crippen molar-refractivity contribution in [3.63, 3.8) is 0 Å². The number of rotatable bonds is 0. The molecule has 0 fully saturated rings. The van der Waals surface area contributed by atoms with E-state index < -0.39 is 0 Å². The van der Waals surface area contributed by atoms with E-state index >= 15 is 0 Å². The van der Waals surface area contributed by atoms with Crippen molar-refractivity contribution < 1.29 is 95.7 Å². The van der Waals surface area contributed by atoms with Gasteiger partial charge in [-0.15, -0.1) is 0 Å². The van der Waals surface area contributed by atoms with Crippen molar-refractivity contribution in [3.05, 3.63) is 0 Å². The second-order valence-electron chi connectivity index (χ2n) is 0. The molecule has 0 N–H and O–H groups in total. The van der Waals surface area contributed by atoms with Crippen molar-refractivity contribution in [1.29, 1.82) is 0 Å². The van der Waals surface area contributed by atoms with Gasteiger partial charge in [0.1, 0.15) is 0 Å². The van der Waals surface area contributed by atoms with E-state index in [2.05, 4.69) is 0 Å². The molecule has 0 aliphatic heterocycles. The zero-order valence-electron chi connectivity index (χ0n) is 3.74. The van der Waals surface area contributed by atoms with Crippen molar-refractivity contribution in [3.8, 4) is 0 Å². The average Bonchev–Trinajstić information content (AvgIpc) is 0. The summed E-state index contributed by atoms with van der Waals surface area (Å²) >= 11 is 0. The monoisotopic (exact) mass is 526 g/mol. The van der Waals surface area contributed by atoms with E-state index in [4.69, 9.17) is 0 Å². The molecule has 8 valence electrons. The maximum Gasteiger partial charge on any atom is 4.00 e. The van der Waals surface area contributed by atoms with Gasteiger partial charge in [0.05, 0.1) is 0 Å². The normalized spacial score (nSPS) is 0. The minimum atomic E-state index is 0. The van der Waals surface area contributed by atoms with Crippen molar-refractivity contribution in [2.75, 3.05) is 0 Å². The Kier molecular flexibility index (Phi) is 233. The summed E-state index contributed by atoms with van der Waals surface area (Å²) in [7, 11) is 0. The van der Waals surface area contributed by atoms with Crippen molar-refractivity contribution in [1.82, 2.24) is 0 Å². The van der Waals surface area contributed by atoms with Gasteiger partial charge in [0.25, 0.3) is 0 Å². The Bertz CT molecular complexity index is 15.5. The van der Waals surface area contributed by atoms with E-state index in [9.17, 15) is 0 Å². The molecule has 0 aromatic rings. The third kappa shape index (κ3) is 23.0. The van der Waals surface area contributed by atoms with Gasteiger partial charge in [-0.05, 0) is 0 Å². The molecule has 0 atom stereocenters. The summed E-state index contributed by atoms with van der Waals surface area (Å²) in [5.74, 6) is 0. The fraction of sp³-hybridized carbons (Fsp3) is 0. The third-order valence-electron chi connectivity index (χ3n) is 0. The first-order valence-electron chi connectivity index (χ1n) is 0. The van der Waals surface area contributed by atoms with Crippen LogP contribution in [-0.4, -0.2) is 66.2 Å². The van der Waals surface area contributed by atoms with Crippen LogP contribution >= 0.6 is 0 Å². The summed E-state index contributed by atoms with van der Waals surface area (Å²) < 4.78 is 0. The fourth-order valence-corrected chi connectivity index (χ4v) is 0. The molecular formula is AlBaFHfLaNa+12. The molecule has 0 heterocycles. The first kappa shape index (κ1) is 43.5. The molecule has 0 rings (SSSR count). The van der Waals surface area contributed by atoms with Gasteiger partial charge in [-0.2, -0.15) is 0 Å². The van der Waals surface area contributed by atoms with Gasteiger partial charge in [0.15, 0.2) is 0 Å². The maximum absolute atomic E-state index is 0. The van der Waals surface area contributed by atoms with Gasteiger partial charge in [-0.1, -0.05) is 0 Å². The Labute approximate surface area is 157 Å². The number of hydrogen-bond acceptors (Lipinski definition) is 0. The van der Waals surface area contributed by atoms with Gasteiger partial charge in [-0.25, -0.2) is 0 Å². The Hall–Kier alpha value is 5.10. The van der Waals surface area contributed by atoms with E-state index in [1.54, 1.807) is 0 Å². The van der Waals surface area contributed by atoms with Crippen molar-refractivity contribution in [2.45, 2.75) is 0 Å². The molecule has 6 heteroatoms. The van der Waals surface area contributed by atoms with Crippen LogP contribution < -0.4 is 34.3 Å². The Balaban J connectivity index is 0. The Morgan fingerprint density at radius 3 is 1.00 bits per heavy atom. The predicted molar refractivity (Wildman–Crippen MR) is 11.5 cm³/mol. The first-order chi connectivity index (χ1) is 0. The van der Waals surface area contributed by atoms with E-state index in [1.165, 1.54) is 0 Å². The molecule has 0 aliphatic rings. The molecule has 0 aromatic carbocycles. The maximum atomic E-state index is 0. The largest absolute Gasteiger partial charge is 4.00 e. The third-order valence-corrected chi connectivity index (χ3v) is 0. The minimum absolute atomic E-state index is 0. The molecule has 0 saturated heterocycles. The molecule has 0 nitrogen and oxygen atoms in total. The number of hydrogen-bond donors (Lipinski definition) is 0. The van der Waals surface area contributed by atoms with Crippen molar-refractivity contribution >= 4 is 66.2 Å². The van der Waals surface area contributed by atoms with Gasteiger partial charge >= 0.3 is 157 Å². The second kappa shape index (κ2) is 32.2. The van der Waals surface area contributed by atoms with Crippen LogP contribution in [0.25, 0.3) is 0 Å². The van der Waals surface area contributed by atoms with Gasteiger partial charge in [0.2, 0.25) is 0 Å². The quantitative estimate of drug-likeness (QED) is 0.277. The molecule has 0 bridgehead atoms. The zero-order chi connectivity index (χ0) is 0. The average molecular weight is 524 g/mol. The van der Waals surface area contributed by atoms with Crippen LogP contribution in [0.3, 0.4) is 0 Å². The van der Waals surface area contributed by atoms with Gasteiger partial charge in [0, 0.05) is 0 Å². The van der Waals surface area contributed by atoms with Crippen molar-refractivity contribution in [2.24, 2.45) is 0 Å². The molecule has 0 spiro atoms. The van der Waals surface area contributed by atoms with Crippen LogP contribution in [0.5, 0.6) is 0 Å². The zero-order valence-corrected chi connectivity index (χ0v) is 18.6. The molecule has 6 heavy (non-hydrogen) atoms. The summed E-state index contributed by atoms with van der Waals surface area (Å²) in [6.07, 6.45) is 0. The summed E-state index contributed by atoms with van der Waals surface area (Å²) in [6.45, 7) is 0. The van der Waals surface area contributed by atoms with E-state index in [0.717, 1.165) is 0 Å². The fourth-order valence-electron chi connectivity index (χ4n) is 0. The van der Waals surface area contributed by atoms with E-state index in [1.807, 2.05) is 0 Å². The van der Waals surface area contributed by atoms with Crippen LogP contribution in [0.15, 0.2) is 0 Å². The first-order valence-corrected chi connectivity index (χ1v) is 0. The molecule has 0 saturated carbocycles. The summed E-state index contributed by atoms with van der Waals surface area (Å²) in [6, 6.07) is 0. The summed E-state index contributed by atoms with van der Waals surface area (Å²) in [5.41, 5.74) is 0. The Morgan fingerprint density at radius 2 is 1.00 bits per heavy atom. The van der Waals surface area contributed by atoms with Crippen LogP contribution in [0.4, 0.5) is 0 Å². The minimum Gasteiger partial charge on any atom is -1.00 e. The predicted octanol–water partition coefficient (Wildman–Crippen LogP) is -6.76. The van der Waals surface area contributed by atoms with E-state index in [0.29, 0.717) is 0 Å². The topological polar surface area (TPSA) is 0 Å². The second-order valence-corrected chi connectivity index (χ2v) is 0. The van der Waals surface area contributed by atoms with Crippen LogP contribution in [-0.2, 0) is 25.8 Å². The molecule has 0 radical (unpaired) electrons. The molecule has 0 aliphatic carbocycles. The molecule has 0 amide bonds. The Morgan fingerprint density at radius 1 is 1.00 bits per heavy atom. The summed E-state index contributed by atoms with van der Waals surface area (Å²) in [5, 5.41) is 0. The molecular weight excluding hydrogens is 524 g/mol. The number of halogens is 1. The van der Waals surface area contributed by atoms with Crippen LogP contribution in [0, 0.1) is 35.6 Å². The summed E-state index contributed by atoms with van der Waals surface area (Å²) in [4.78, 5) is 0. The SMILES string of the molecule is [Al+3].[Ba+2].[F-].[Hf+4].[La+3].[Na+]. The van der Waals surface area contributed by atoms with Gasteiger partial charge < -0.3 is 4.70 Å². The standard InChI is InChI=1S/Al.Ba.FH.Hf.La.Na/h;;1H;;;/q+3;+2;;+4;+3;+1/p-1. The molecule has 0 unspecified atom stereocenters. The molecule has 0 aromatic heterocycles. The van der Waals surface area contributed by atoms with E-state index in [-0.39, 0.29) is 162 Å². The van der Waals surface area contributed by atoms with Crippen LogP contribution in [0.1, 0.15) is 0 Å². The van der Waals surface area contributed by atoms with Crippen LogP contribution in [0.2, 0.25) is 0 Å².